The molecule has 4 heteroatoms. The molecule has 1 aliphatic rings. The molecule has 4 nitrogen and oxygen atoms in total. The first-order valence-corrected chi connectivity index (χ1v) is 3.79. The summed E-state index contributed by atoms with van der Waals surface area (Å²) in [5, 5.41) is 3.03. The number of amides is 1. The first kappa shape index (κ1) is 8.49. The van der Waals surface area contributed by atoms with Gasteiger partial charge in [0.25, 0.3) is 0 Å². The van der Waals surface area contributed by atoms with Crippen LogP contribution in [0.4, 0.5) is 0 Å². The molecular weight excluding hydrogens is 144 g/mol. The number of methoxy groups -OCH3 is 1. The molecular formula is C7H14N2O2. The van der Waals surface area contributed by atoms with E-state index in [0.717, 1.165) is 13.0 Å². The fourth-order valence-electron chi connectivity index (χ4n) is 1.31. The van der Waals surface area contributed by atoms with Gasteiger partial charge in [-0.2, -0.15) is 0 Å². The third-order valence-electron chi connectivity index (χ3n) is 2.03. The lowest BCUT2D eigenvalue weighted by Crippen LogP contribution is -2.48. The molecule has 1 amide bonds. The van der Waals surface area contributed by atoms with E-state index < -0.39 is 0 Å². The zero-order valence-electron chi connectivity index (χ0n) is 6.67. The summed E-state index contributed by atoms with van der Waals surface area (Å²) >= 11 is 0. The highest BCUT2D eigenvalue weighted by Gasteiger charge is 2.24. The fourth-order valence-corrected chi connectivity index (χ4v) is 1.31. The molecule has 1 rings (SSSR count). The number of ether oxygens (including phenoxy) is 1. The van der Waals surface area contributed by atoms with Gasteiger partial charge >= 0.3 is 0 Å². The number of primary amides is 1. The van der Waals surface area contributed by atoms with E-state index in [1.54, 1.807) is 7.11 Å². The topological polar surface area (TPSA) is 64.3 Å². The first-order chi connectivity index (χ1) is 5.24. The Morgan fingerprint density at radius 2 is 2.45 bits per heavy atom. The van der Waals surface area contributed by atoms with Crippen molar-refractivity contribution in [3.05, 3.63) is 0 Å². The van der Waals surface area contributed by atoms with Gasteiger partial charge in [0, 0.05) is 7.11 Å². The van der Waals surface area contributed by atoms with E-state index in [1.165, 1.54) is 0 Å². The summed E-state index contributed by atoms with van der Waals surface area (Å²) in [5.41, 5.74) is 5.13. The Balaban J connectivity index is 2.39. The second-order valence-electron chi connectivity index (χ2n) is 2.79. The van der Waals surface area contributed by atoms with Crippen LogP contribution in [0.25, 0.3) is 0 Å². The lowest BCUT2D eigenvalue weighted by atomic mass is 10.0. The van der Waals surface area contributed by atoms with E-state index in [2.05, 4.69) is 5.32 Å². The predicted molar refractivity (Wildman–Crippen MR) is 41.0 cm³/mol. The molecule has 0 aromatic rings. The number of nitrogens with one attached hydrogen (secondary N) is 1. The van der Waals surface area contributed by atoms with Gasteiger partial charge in [-0.3, -0.25) is 4.79 Å². The van der Waals surface area contributed by atoms with Crippen LogP contribution in [0, 0.1) is 0 Å². The van der Waals surface area contributed by atoms with E-state index >= 15 is 0 Å². The molecule has 0 aliphatic carbocycles. The monoisotopic (exact) mass is 158 g/mol. The highest BCUT2D eigenvalue weighted by atomic mass is 16.5. The molecule has 2 atom stereocenters. The molecule has 64 valence electrons. The molecule has 1 aliphatic heterocycles. The number of carbonyl (C=O) groups is 1. The second-order valence-corrected chi connectivity index (χ2v) is 2.79. The summed E-state index contributed by atoms with van der Waals surface area (Å²) in [7, 11) is 1.66. The van der Waals surface area contributed by atoms with Gasteiger partial charge < -0.3 is 15.8 Å². The highest BCUT2D eigenvalue weighted by Crippen LogP contribution is 2.10. The molecule has 2 unspecified atom stereocenters. The van der Waals surface area contributed by atoms with Crippen LogP contribution in [0.2, 0.25) is 0 Å². The molecule has 3 N–H and O–H groups in total. The molecule has 0 bridgehead atoms. The van der Waals surface area contributed by atoms with E-state index in [1.807, 2.05) is 0 Å². The zero-order valence-corrected chi connectivity index (χ0v) is 6.67. The molecule has 1 saturated heterocycles. The summed E-state index contributed by atoms with van der Waals surface area (Å²) in [5.74, 6) is -0.285. The average Bonchev–Trinajstić information content (AvgIpc) is 2.05. The van der Waals surface area contributed by atoms with Crippen molar-refractivity contribution in [1.29, 1.82) is 0 Å². The van der Waals surface area contributed by atoms with Gasteiger partial charge in [-0.25, -0.2) is 0 Å². The lowest BCUT2D eigenvalue weighted by molar-refractivity contribution is -0.121. The van der Waals surface area contributed by atoms with Crippen molar-refractivity contribution < 1.29 is 9.53 Å². The van der Waals surface area contributed by atoms with Gasteiger partial charge in [-0.1, -0.05) is 0 Å². The summed E-state index contributed by atoms with van der Waals surface area (Å²) in [6.07, 6.45) is 1.85. The number of nitrogens with two attached hydrogens (primary N) is 1. The minimum absolute atomic E-state index is 0.189. The molecule has 0 radical (unpaired) electrons. The molecule has 0 spiro atoms. The molecule has 0 aromatic heterocycles. The summed E-state index contributed by atoms with van der Waals surface area (Å²) in [4.78, 5) is 10.7. The van der Waals surface area contributed by atoms with E-state index in [-0.39, 0.29) is 18.1 Å². The first-order valence-electron chi connectivity index (χ1n) is 3.79. The Bertz CT molecular complexity index is 149. The third-order valence-corrected chi connectivity index (χ3v) is 2.03. The van der Waals surface area contributed by atoms with Crippen LogP contribution < -0.4 is 11.1 Å². The SMILES string of the molecule is COC1CCNC(C(N)=O)C1. The fraction of sp³-hybridized carbons (Fsp3) is 0.857. The van der Waals surface area contributed by atoms with Crippen molar-refractivity contribution in [2.45, 2.75) is 25.0 Å². The number of piperidine rings is 1. The van der Waals surface area contributed by atoms with Crippen molar-refractivity contribution in [2.75, 3.05) is 13.7 Å². The Hall–Kier alpha value is -0.610. The molecule has 0 saturated carbocycles. The van der Waals surface area contributed by atoms with Crippen LogP contribution in [0.15, 0.2) is 0 Å². The second kappa shape index (κ2) is 3.69. The van der Waals surface area contributed by atoms with Gasteiger partial charge in [-0.05, 0) is 19.4 Å². The molecule has 1 heterocycles. The standard InChI is InChI=1S/C7H14N2O2/c1-11-5-2-3-9-6(4-5)7(8)10/h5-6,9H,2-4H2,1H3,(H2,8,10). The number of rotatable bonds is 2. The van der Waals surface area contributed by atoms with Crippen molar-refractivity contribution in [2.24, 2.45) is 5.73 Å². The van der Waals surface area contributed by atoms with Gasteiger partial charge in [0.2, 0.25) is 5.91 Å². The highest BCUT2D eigenvalue weighted by molar-refractivity contribution is 5.79. The lowest BCUT2D eigenvalue weighted by Gasteiger charge is -2.27. The normalized spacial score (nSPS) is 31.7. The Morgan fingerprint density at radius 3 is 3.00 bits per heavy atom. The largest absolute Gasteiger partial charge is 0.381 e. The maximum Gasteiger partial charge on any atom is 0.234 e. The summed E-state index contributed by atoms with van der Waals surface area (Å²) in [6.45, 7) is 0.812. The molecule has 0 aromatic carbocycles. The van der Waals surface area contributed by atoms with E-state index in [4.69, 9.17) is 10.5 Å². The minimum Gasteiger partial charge on any atom is -0.381 e. The van der Waals surface area contributed by atoms with Crippen LogP contribution >= 0.6 is 0 Å². The number of hydrogen-bond acceptors (Lipinski definition) is 3. The number of carbonyl (C=O) groups excluding carboxylic acids is 1. The maximum atomic E-state index is 10.7. The zero-order chi connectivity index (χ0) is 8.27. The Morgan fingerprint density at radius 1 is 1.73 bits per heavy atom. The molecule has 1 fully saturated rings. The number of hydrogen-bond donors (Lipinski definition) is 2. The van der Waals surface area contributed by atoms with E-state index in [9.17, 15) is 4.79 Å². The van der Waals surface area contributed by atoms with Crippen molar-refractivity contribution in [3.63, 3.8) is 0 Å². The predicted octanol–water partition coefficient (Wildman–Crippen LogP) is -0.761. The quantitative estimate of drug-likeness (QED) is 0.555. The third kappa shape index (κ3) is 2.17. The Labute approximate surface area is 66.1 Å². The molecule has 11 heavy (non-hydrogen) atoms. The van der Waals surface area contributed by atoms with Crippen LogP contribution in [-0.2, 0) is 9.53 Å². The average molecular weight is 158 g/mol. The van der Waals surface area contributed by atoms with Crippen molar-refractivity contribution in [1.82, 2.24) is 5.32 Å². The van der Waals surface area contributed by atoms with Crippen molar-refractivity contribution >= 4 is 5.91 Å². The van der Waals surface area contributed by atoms with Gasteiger partial charge in [0.1, 0.15) is 0 Å². The summed E-state index contributed by atoms with van der Waals surface area (Å²) < 4.78 is 5.12. The summed E-state index contributed by atoms with van der Waals surface area (Å²) in [6, 6.07) is -0.200. The van der Waals surface area contributed by atoms with Crippen LogP contribution in [-0.4, -0.2) is 31.7 Å². The van der Waals surface area contributed by atoms with E-state index in [0.29, 0.717) is 6.42 Å². The van der Waals surface area contributed by atoms with Gasteiger partial charge in [0.15, 0.2) is 0 Å². The smallest absolute Gasteiger partial charge is 0.234 e. The van der Waals surface area contributed by atoms with Crippen LogP contribution in [0.5, 0.6) is 0 Å². The van der Waals surface area contributed by atoms with Crippen LogP contribution in [0.3, 0.4) is 0 Å². The van der Waals surface area contributed by atoms with Crippen molar-refractivity contribution in [3.8, 4) is 0 Å². The maximum absolute atomic E-state index is 10.7. The van der Waals surface area contributed by atoms with Gasteiger partial charge in [0.05, 0.1) is 12.1 Å². The Kier molecular flexibility index (Phi) is 2.84. The van der Waals surface area contributed by atoms with Crippen LogP contribution in [0.1, 0.15) is 12.8 Å². The minimum atomic E-state index is -0.285. The van der Waals surface area contributed by atoms with Gasteiger partial charge in [-0.15, -0.1) is 0 Å².